The van der Waals surface area contributed by atoms with Gasteiger partial charge in [0.05, 0.1) is 0 Å². The largest absolute Gasteiger partial charge is 0.0726 e. The van der Waals surface area contributed by atoms with Crippen LogP contribution in [0.5, 0.6) is 0 Å². The van der Waals surface area contributed by atoms with Crippen LogP contribution in [0.3, 0.4) is 0 Å². The summed E-state index contributed by atoms with van der Waals surface area (Å²) < 4.78 is 0. The minimum atomic E-state index is 0.595. The molecule has 0 heterocycles. The van der Waals surface area contributed by atoms with Crippen molar-refractivity contribution in [3.05, 3.63) is 83.9 Å². The van der Waals surface area contributed by atoms with Crippen molar-refractivity contribution in [1.29, 1.82) is 0 Å². The molecule has 0 saturated heterocycles. The van der Waals surface area contributed by atoms with E-state index >= 15 is 0 Å². The zero-order chi connectivity index (χ0) is 13.4. The molecule has 5 rings (SSSR count). The minimum absolute atomic E-state index is 0.595. The molecule has 0 nitrogen and oxygen atoms in total. The summed E-state index contributed by atoms with van der Waals surface area (Å²) in [6, 6.07) is 21.7. The standard InChI is InChI=1S/C20H18/c1-3-7-15(8-4-1)19-13-18-12-11-17(19)14-20(18)16-9-5-2-6-10-16/h1-10,13-14,17-18H,11-12H2/t17-,18+. The highest BCUT2D eigenvalue weighted by Crippen LogP contribution is 2.47. The Morgan fingerprint density at radius 1 is 0.550 bits per heavy atom. The monoisotopic (exact) mass is 258 g/mol. The summed E-state index contributed by atoms with van der Waals surface area (Å²) >= 11 is 0. The van der Waals surface area contributed by atoms with E-state index in [9.17, 15) is 0 Å². The predicted molar refractivity (Wildman–Crippen MR) is 85.1 cm³/mol. The number of rotatable bonds is 2. The van der Waals surface area contributed by atoms with E-state index in [1.807, 2.05) is 0 Å². The normalized spacial score (nSPS) is 24.2. The first kappa shape index (κ1) is 11.7. The van der Waals surface area contributed by atoms with Crippen LogP contribution >= 0.6 is 0 Å². The first-order chi connectivity index (χ1) is 9.92. The van der Waals surface area contributed by atoms with Crippen molar-refractivity contribution >= 4 is 11.1 Å². The molecule has 3 aliphatic carbocycles. The lowest BCUT2D eigenvalue weighted by atomic mass is 9.69. The SMILES string of the molecule is C1=C(c2ccccc2)[C@@H]2C=C(c3ccccc3)[C@@H]1CC2. The van der Waals surface area contributed by atoms with Crippen LogP contribution in [0.4, 0.5) is 0 Å². The summed E-state index contributed by atoms with van der Waals surface area (Å²) in [5.41, 5.74) is 5.85. The molecule has 0 N–H and O–H groups in total. The van der Waals surface area contributed by atoms with E-state index in [-0.39, 0.29) is 0 Å². The van der Waals surface area contributed by atoms with Gasteiger partial charge in [-0.05, 0) is 35.1 Å². The Kier molecular flexibility index (Phi) is 2.81. The van der Waals surface area contributed by atoms with E-state index in [0.29, 0.717) is 11.8 Å². The number of hydrogen-bond donors (Lipinski definition) is 0. The van der Waals surface area contributed by atoms with Crippen LogP contribution in [-0.2, 0) is 0 Å². The van der Waals surface area contributed by atoms with Crippen LogP contribution in [0.1, 0.15) is 24.0 Å². The molecule has 2 atom stereocenters. The molecule has 2 bridgehead atoms. The summed E-state index contributed by atoms with van der Waals surface area (Å²) in [5.74, 6) is 1.19. The molecule has 98 valence electrons. The van der Waals surface area contributed by atoms with Gasteiger partial charge in [0.1, 0.15) is 0 Å². The van der Waals surface area contributed by atoms with Crippen molar-refractivity contribution < 1.29 is 0 Å². The lowest BCUT2D eigenvalue weighted by molar-refractivity contribution is 0.556. The summed E-state index contributed by atoms with van der Waals surface area (Å²) in [7, 11) is 0. The zero-order valence-corrected chi connectivity index (χ0v) is 11.5. The highest BCUT2D eigenvalue weighted by Gasteiger charge is 2.30. The van der Waals surface area contributed by atoms with Crippen molar-refractivity contribution in [3.63, 3.8) is 0 Å². The Morgan fingerprint density at radius 2 is 0.950 bits per heavy atom. The van der Waals surface area contributed by atoms with Gasteiger partial charge in [0.2, 0.25) is 0 Å². The van der Waals surface area contributed by atoms with E-state index in [4.69, 9.17) is 0 Å². The molecule has 0 fully saturated rings. The maximum absolute atomic E-state index is 2.51. The minimum Gasteiger partial charge on any atom is -0.0726 e. The van der Waals surface area contributed by atoms with Crippen LogP contribution in [0, 0.1) is 11.8 Å². The Morgan fingerprint density at radius 3 is 1.30 bits per heavy atom. The Labute approximate surface area is 120 Å². The molecule has 0 amide bonds. The maximum Gasteiger partial charge on any atom is 0.00275 e. The molecule has 0 radical (unpaired) electrons. The summed E-state index contributed by atoms with van der Waals surface area (Å²) in [4.78, 5) is 0. The number of allylic oxidation sites excluding steroid dienone is 4. The van der Waals surface area contributed by atoms with Crippen molar-refractivity contribution in [2.45, 2.75) is 12.8 Å². The van der Waals surface area contributed by atoms with Gasteiger partial charge in [-0.1, -0.05) is 72.8 Å². The summed E-state index contributed by atoms with van der Waals surface area (Å²) in [6.45, 7) is 0. The first-order valence-corrected chi connectivity index (χ1v) is 7.46. The fourth-order valence-corrected chi connectivity index (χ4v) is 3.58. The highest BCUT2D eigenvalue weighted by atomic mass is 14.3. The molecule has 0 aromatic heterocycles. The van der Waals surface area contributed by atoms with Crippen molar-refractivity contribution in [2.75, 3.05) is 0 Å². The Hall–Kier alpha value is -2.08. The molecule has 2 aromatic rings. The molecule has 0 heteroatoms. The van der Waals surface area contributed by atoms with Gasteiger partial charge in [0.25, 0.3) is 0 Å². The molecule has 0 saturated carbocycles. The molecule has 0 spiro atoms. The van der Waals surface area contributed by atoms with Crippen LogP contribution in [0.25, 0.3) is 11.1 Å². The van der Waals surface area contributed by atoms with Crippen LogP contribution < -0.4 is 0 Å². The number of hydrogen-bond acceptors (Lipinski definition) is 0. The maximum atomic E-state index is 2.51. The van der Waals surface area contributed by atoms with Gasteiger partial charge in [-0.15, -0.1) is 0 Å². The van der Waals surface area contributed by atoms with Gasteiger partial charge < -0.3 is 0 Å². The van der Waals surface area contributed by atoms with Crippen molar-refractivity contribution in [3.8, 4) is 0 Å². The van der Waals surface area contributed by atoms with Gasteiger partial charge >= 0.3 is 0 Å². The average molecular weight is 258 g/mol. The van der Waals surface area contributed by atoms with Crippen LogP contribution in [0.2, 0.25) is 0 Å². The second-order valence-corrected chi connectivity index (χ2v) is 5.77. The topological polar surface area (TPSA) is 0 Å². The number of fused-ring (bicyclic) bond motifs is 1. The second kappa shape index (κ2) is 4.79. The lowest BCUT2D eigenvalue weighted by Gasteiger charge is -2.35. The molecular weight excluding hydrogens is 240 g/mol. The molecule has 0 unspecified atom stereocenters. The second-order valence-electron chi connectivity index (χ2n) is 5.77. The third kappa shape index (κ3) is 1.92. The summed E-state index contributed by atoms with van der Waals surface area (Å²) in [6.07, 6.45) is 7.60. The molecule has 0 aliphatic heterocycles. The smallest absolute Gasteiger partial charge is 0.00275 e. The third-order valence-corrected chi connectivity index (χ3v) is 4.56. The van der Waals surface area contributed by atoms with Gasteiger partial charge in [0, 0.05) is 11.8 Å². The molecular formula is C20H18. The molecule has 3 aliphatic rings. The van der Waals surface area contributed by atoms with Gasteiger partial charge in [-0.2, -0.15) is 0 Å². The van der Waals surface area contributed by atoms with Gasteiger partial charge in [0.15, 0.2) is 0 Å². The quantitative estimate of drug-likeness (QED) is 0.695. The molecule has 20 heavy (non-hydrogen) atoms. The Balaban J connectivity index is 1.72. The van der Waals surface area contributed by atoms with E-state index in [2.05, 4.69) is 72.8 Å². The van der Waals surface area contributed by atoms with Crippen molar-refractivity contribution in [1.82, 2.24) is 0 Å². The van der Waals surface area contributed by atoms with E-state index in [1.54, 1.807) is 0 Å². The van der Waals surface area contributed by atoms with Crippen LogP contribution in [-0.4, -0.2) is 0 Å². The van der Waals surface area contributed by atoms with E-state index in [1.165, 1.54) is 35.1 Å². The average Bonchev–Trinajstić information content (AvgIpc) is 2.57. The van der Waals surface area contributed by atoms with E-state index in [0.717, 1.165) is 0 Å². The zero-order valence-electron chi connectivity index (χ0n) is 11.5. The summed E-state index contributed by atoms with van der Waals surface area (Å²) in [5, 5.41) is 0. The third-order valence-electron chi connectivity index (χ3n) is 4.56. The number of benzene rings is 2. The van der Waals surface area contributed by atoms with Crippen LogP contribution in [0.15, 0.2) is 72.8 Å². The first-order valence-electron chi connectivity index (χ1n) is 7.46. The van der Waals surface area contributed by atoms with Gasteiger partial charge in [-0.3, -0.25) is 0 Å². The fraction of sp³-hybridized carbons (Fsp3) is 0.200. The fourth-order valence-electron chi connectivity index (χ4n) is 3.58. The highest BCUT2D eigenvalue weighted by molar-refractivity contribution is 5.82. The van der Waals surface area contributed by atoms with E-state index < -0.39 is 0 Å². The van der Waals surface area contributed by atoms with Gasteiger partial charge in [-0.25, -0.2) is 0 Å². The van der Waals surface area contributed by atoms with Crippen molar-refractivity contribution in [2.24, 2.45) is 11.8 Å². The lowest BCUT2D eigenvalue weighted by Crippen LogP contribution is -2.20. The predicted octanol–water partition coefficient (Wildman–Crippen LogP) is 5.19. The Bertz CT molecular complexity index is 600. The molecule has 2 aromatic carbocycles.